The van der Waals surface area contributed by atoms with Gasteiger partial charge in [-0.25, -0.2) is 9.98 Å². The maximum absolute atomic E-state index is 6.00. The van der Waals surface area contributed by atoms with Crippen molar-refractivity contribution in [2.24, 2.45) is 16.6 Å². The van der Waals surface area contributed by atoms with E-state index in [4.69, 9.17) is 5.73 Å². The number of benzene rings is 1. The Bertz CT molecular complexity index is 710. The van der Waals surface area contributed by atoms with Gasteiger partial charge in [-0.05, 0) is 36.5 Å². The molecule has 1 saturated carbocycles. The average molecular weight is 439 g/mol. The Morgan fingerprint density at radius 1 is 1.33 bits per heavy atom. The van der Waals surface area contributed by atoms with Crippen LogP contribution in [0.25, 0.3) is 10.9 Å². The zero-order valence-electron chi connectivity index (χ0n) is 14.3. The molecule has 1 heterocycles. The van der Waals surface area contributed by atoms with Gasteiger partial charge in [-0.15, -0.1) is 24.0 Å². The summed E-state index contributed by atoms with van der Waals surface area (Å²) in [5, 5.41) is 4.37. The van der Waals surface area contributed by atoms with Gasteiger partial charge in [-0.3, -0.25) is 0 Å². The van der Waals surface area contributed by atoms with E-state index in [1.54, 1.807) is 0 Å². The van der Waals surface area contributed by atoms with E-state index in [-0.39, 0.29) is 24.0 Å². The summed E-state index contributed by atoms with van der Waals surface area (Å²) in [6, 6.07) is 10.3. The SMILES string of the molecule is CN(C)c1cc(CN=C(N)NCC2CCC2)c2ccccc2n1.I. The third-order valence-corrected chi connectivity index (χ3v) is 4.46. The van der Waals surface area contributed by atoms with Crippen LogP contribution in [0.3, 0.4) is 0 Å². The van der Waals surface area contributed by atoms with Gasteiger partial charge in [0.05, 0.1) is 12.1 Å². The highest BCUT2D eigenvalue weighted by Gasteiger charge is 2.16. The molecule has 1 aromatic heterocycles. The monoisotopic (exact) mass is 439 g/mol. The minimum Gasteiger partial charge on any atom is -0.370 e. The van der Waals surface area contributed by atoms with Gasteiger partial charge in [-0.2, -0.15) is 0 Å². The second-order valence-electron chi connectivity index (χ2n) is 6.43. The molecule has 0 amide bonds. The molecule has 130 valence electrons. The van der Waals surface area contributed by atoms with Gasteiger partial charge in [0.25, 0.3) is 0 Å². The molecule has 2 aromatic rings. The van der Waals surface area contributed by atoms with Crippen molar-refractivity contribution in [1.29, 1.82) is 0 Å². The van der Waals surface area contributed by atoms with E-state index < -0.39 is 0 Å². The molecule has 1 aliphatic rings. The second-order valence-corrected chi connectivity index (χ2v) is 6.43. The molecule has 3 rings (SSSR count). The minimum absolute atomic E-state index is 0. The van der Waals surface area contributed by atoms with Crippen LogP contribution < -0.4 is 16.0 Å². The Hall–Kier alpha value is -1.57. The number of rotatable bonds is 5. The topological polar surface area (TPSA) is 66.5 Å². The van der Waals surface area contributed by atoms with E-state index in [1.165, 1.54) is 19.3 Å². The van der Waals surface area contributed by atoms with Crippen molar-refractivity contribution in [3.05, 3.63) is 35.9 Å². The average Bonchev–Trinajstić information content (AvgIpc) is 2.50. The molecule has 0 atom stereocenters. The molecule has 0 unspecified atom stereocenters. The minimum atomic E-state index is 0. The number of nitrogens with one attached hydrogen (secondary N) is 1. The first kappa shape index (κ1) is 18.8. The third-order valence-electron chi connectivity index (χ3n) is 4.46. The summed E-state index contributed by atoms with van der Waals surface area (Å²) >= 11 is 0. The van der Waals surface area contributed by atoms with Crippen LogP contribution in [-0.4, -0.2) is 31.6 Å². The van der Waals surface area contributed by atoms with E-state index in [0.717, 1.165) is 34.7 Å². The molecule has 6 heteroatoms. The molecule has 3 N–H and O–H groups in total. The van der Waals surface area contributed by atoms with Crippen molar-refractivity contribution in [2.75, 3.05) is 25.5 Å². The van der Waals surface area contributed by atoms with Crippen LogP contribution in [0.15, 0.2) is 35.3 Å². The lowest BCUT2D eigenvalue weighted by Gasteiger charge is -2.25. The molecule has 5 nitrogen and oxygen atoms in total. The fraction of sp³-hybridized carbons (Fsp3) is 0.444. The van der Waals surface area contributed by atoms with Gasteiger partial charge in [0.1, 0.15) is 5.82 Å². The van der Waals surface area contributed by atoms with Crippen molar-refractivity contribution in [3.63, 3.8) is 0 Å². The van der Waals surface area contributed by atoms with E-state index in [1.807, 2.05) is 37.2 Å². The van der Waals surface area contributed by atoms with Crippen LogP contribution in [0.5, 0.6) is 0 Å². The van der Waals surface area contributed by atoms with Crippen LogP contribution in [0, 0.1) is 5.92 Å². The Kier molecular flexibility index (Phi) is 6.65. The Morgan fingerprint density at radius 2 is 2.08 bits per heavy atom. The van der Waals surface area contributed by atoms with Crippen LogP contribution in [0.2, 0.25) is 0 Å². The van der Waals surface area contributed by atoms with Gasteiger partial charge in [-0.1, -0.05) is 24.6 Å². The highest BCUT2D eigenvalue weighted by Crippen LogP contribution is 2.25. The molecule has 24 heavy (non-hydrogen) atoms. The predicted molar refractivity (Wildman–Crippen MR) is 112 cm³/mol. The lowest BCUT2D eigenvalue weighted by atomic mass is 9.85. The van der Waals surface area contributed by atoms with Gasteiger partial charge >= 0.3 is 0 Å². The number of anilines is 1. The Morgan fingerprint density at radius 3 is 2.75 bits per heavy atom. The number of pyridine rings is 1. The van der Waals surface area contributed by atoms with Crippen LogP contribution in [-0.2, 0) is 6.54 Å². The van der Waals surface area contributed by atoms with Crippen molar-refractivity contribution < 1.29 is 0 Å². The Labute approximate surface area is 160 Å². The third kappa shape index (κ3) is 4.49. The summed E-state index contributed by atoms with van der Waals surface area (Å²) in [5.41, 5.74) is 8.14. The maximum Gasteiger partial charge on any atom is 0.188 e. The quantitative estimate of drug-likeness (QED) is 0.427. The summed E-state index contributed by atoms with van der Waals surface area (Å²) in [6.45, 7) is 1.50. The molecule has 0 aliphatic heterocycles. The zero-order valence-corrected chi connectivity index (χ0v) is 16.7. The predicted octanol–water partition coefficient (Wildman–Crippen LogP) is 3.12. The van der Waals surface area contributed by atoms with E-state index in [2.05, 4.69) is 27.4 Å². The molecule has 0 bridgehead atoms. The number of hydrogen-bond acceptors (Lipinski definition) is 3. The number of fused-ring (bicyclic) bond motifs is 1. The highest BCUT2D eigenvalue weighted by atomic mass is 127. The lowest BCUT2D eigenvalue weighted by molar-refractivity contribution is 0.315. The number of para-hydroxylation sites is 1. The first-order valence-electron chi connectivity index (χ1n) is 8.23. The Balaban J connectivity index is 0.00000208. The molecular weight excluding hydrogens is 413 g/mol. The van der Waals surface area contributed by atoms with Gasteiger partial charge in [0, 0.05) is 26.0 Å². The molecule has 0 radical (unpaired) electrons. The van der Waals surface area contributed by atoms with Crippen molar-refractivity contribution >= 4 is 46.7 Å². The summed E-state index contributed by atoms with van der Waals surface area (Å²) in [4.78, 5) is 11.2. The van der Waals surface area contributed by atoms with Crippen LogP contribution in [0.4, 0.5) is 5.82 Å². The van der Waals surface area contributed by atoms with Crippen LogP contribution >= 0.6 is 24.0 Å². The molecule has 1 fully saturated rings. The summed E-state index contributed by atoms with van der Waals surface area (Å²) < 4.78 is 0. The lowest BCUT2D eigenvalue weighted by Crippen LogP contribution is -2.37. The molecular formula is C18H26IN5. The molecule has 0 saturated heterocycles. The number of halogens is 1. The number of hydrogen-bond donors (Lipinski definition) is 2. The van der Waals surface area contributed by atoms with Crippen molar-refractivity contribution in [1.82, 2.24) is 10.3 Å². The van der Waals surface area contributed by atoms with Gasteiger partial charge < -0.3 is 16.0 Å². The standard InChI is InChI=1S/C18H25N5.HI/c1-23(2)17-10-14(15-8-3-4-9-16(15)22-17)12-21-18(19)20-11-13-6-5-7-13;/h3-4,8-10,13H,5-7,11-12H2,1-2H3,(H3,19,20,21);1H. The summed E-state index contributed by atoms with van der Waals surface area (Å²) in [7, 11) is 4.00. The van der Waals surface area contributed by atoms with Gasteiger partial charge in [0.15, 0.2) is 5.96 Å². The number of nitrogens with zero attached hydrogens (tertiary/aromatic N) is 3. The number of guanidine groups is 1. The molecule has 1 aromatic carbocycles. The highest BCUT2D eigenvalue weighted by molar-refractivity contribution is 14.0. The van der Waals surface area contributed by atoms with Crippen molar-refractivity contribution in [2.45, 2.75) is 25.8 Å². The fourth-order valence-electron chi connectivity index (χ4n) is 2.76. The number of aliphatic imine (C=N–C) groups is 1. The van der Waals surface area contributed by atoms with Crippen molar-refractivity contribution in [3.8, 4) is 0 Å². The largest absolute Gasteiger partial charge is 0.370 e. The number of aromatic nitrogens is 1. The fourth-order valence-corrected chi connectivity index (χ4v) is 2.76. The molecule has 1 aliphatic carbocycles. The van der Waals surface area contributed by atoms with E-state index >= 15 is 0 Å². The first-order valence-corrected chi connectivity index (χ1v) is 8.23. The van der Waals surface area contributed by atoms with E-state index in [9.17, 15) is 0 Å². The first-order chi connectivity index (χ1) is 11.1. The smallest absolute Gasteiger partial charge is 0.188 e. The van der Waals surface area contributed by atoms with Gasteiger partial charge in [0.2, 0.25) is 0 Å². The second kappa shape index (κ2) is 8.50. The zero-order chi connectivity index (χ0) is 16.2. The number of nitrogens with two attached hydrogens (primary N) is 1. The van der Waals surface area contributed by atoms with Crippen LogP contribution in [0.1, 0.15) is 24.8 Å². The van der Waals surface area contributed by atoms with E-state index in [0.29, 0.717) is 12.5 Å². The summed E-state index contributed by atoms with van der Waals surface area (Å²) in [6.07, 6.45) is 3.96. The molecule has 0 spiro atoms. The summed E-state index contributed by atoms with van der Waals surface area (Å²) in [5.74, 6) is 2.24. The maximum atomic E-state index is 6.00. The normalized spacial score (nSPS) is 14.8.